The first kappa shape index (κ1) is 14.4. The van der Waals surface area contributed by atoms with Crippen LogP contribution in [0.25, 0.3) is 0 Å². The molecule has 0 spiro atoms. The van der Waals surface area contributed by atoms with Crippen LogP contribution in [0.15, 0.2) is 36.4 Å². The third-order valence-corrected chi connectivity index (χ3v) is 2.71. The maximum Gasteiger partial charge on any atom is 0.338 e. The lowest BCUT2D eigenvalue weighted by Gasteiger charge is -2.14. The van der Waals surface area contributed by atoms with Gasteiger partial charge >= 0.3 is 5.97 Å². The van der Waals surface area contributed by atoms with E-state index in [2.05, 4.69) is 0 Å². The number of carbonyl (C=O) groups excluding carboxylic acids is 4. The SMILES string of the molecule is O=C([O-])CCOC(=O)c1ccc(N2C(=O)C=CC2=O)cc1. The van der Waals surface area contributed by atoms with Crippen LogP contribution in [-0.4, -0.2) is 30.4 Å². The zero-order valence-corrected chi connectivity index (χ0v) is 10.8. The molecule has 1 aromatic carbocycles. The van der Waals surface area contributed by atoms with Gasteiger partial charge in [-0.05, 0) is 24.3 Å². The van der Waals surface area contributed by atoms with Crippen molar-refractivity contribution in [3.63, 3.8) is 0 Å². The molecule has 1 aliphatic rings. The van der Waals surface area contributed by atoms with Gasteiger partial charge in [-0.3, -0.25) is 9.59 Å². The molecule has 0 N–H and O–H groups in total. The smallest absolute Gasteiger partial charge is 0.338 e. The first-order chi connectivity index (χ1) is 9.99. The van der Waals surface area contributed by atoms with Gasteiger partial charge in [0.1, 0.15) is 0 Å². The maximum absolute atomic E-state index is 11.6. The number of carboxylic acid groups (broad SMARTS) is 1. The Labute approximate surface area is 119 Å². The number of nitrogens with zero attached hydrogens (tertiary/aromatic N) is 1. The fourth-order valence-electron chi connectivity index (χ4n) is 1.71. The van der Waals surface area contributed by atoms with Gasteiger partial charge in [0.15, 0.2) is 0 Å². The molecule has 0 radical (unpaired) electrons. The molecular weight excluding hydrogens is 278 g/mol. The van der Waals surface area contributed by atoms with E-state index in [1.807, 2.05) is 0 Å². The molecule has 21 heavy (non-hydrogen) atoms. The Bertz CT molecular complexity index is 613. The second kappa shape index (κ2) is 6.00. The van der Waals surface area contributed by atoms with E-state index in [1.165, 1.54) is 24.3 Å². The Kier molecular flexibility index (Phi) is 4.13. The van der Waals surface area contributed by atoms with Crippen molar-refractivity contribution in [3.05, 3.63) is 42.0 Å². The molecule has 1 aromatic rings. The Balaban J connectivity index is 2.02. The van der Waals surface area contributed by atoms with Crippen LogP contribution in [0.2, 0.25) is 0 Å². The van der Waals surface area contributed by atoms with Crippen LogP contribution in [0.5, 0.6) is 0 Å². The first-order valence-electron chi connectivity index (χ1n) is 6.02. The standard InChI is InChI=1S/C14H11NO6/c16-11-5-6-12(17)15(11)10-3-1-9(2-4-10)14(20)21-8-7-13(18)19/h1-6H,7-8H2,(H,18,19)/p-1. The molecule has 7 nitrogen and oxygen atoms in total. The van der Waals surface area contributed by atoms with Gasteiger partial charge in [0.05, 0.1) is 17.9 Å². The molecule has 108 valence electrons. The monoisotopic (exact) mass is 288 g/mol. The predicted octanol–water partition coefficient (Wildman–Crippen LogP) is -0.587. The summed E-state index contributed by atoms with van der Waals surface area (Å²) in [4.78, 5) is 45.7. The minimum atomic E-state index is -1.31. The summed E-state index contributed by atoms with van der Waals surface area (Å²) in [6.45, 7) is -0.282. The second-order valence-electron chi connectivity index (χ2n) is 4.15. The van der Waals surface area contributed by atoms with E-state index in [-0.39, 0.29) is 18.6 Å². The molecule has 0 aromatic heterocycles. The van der Waals surface area contributed by atoms with E-state index in [0.29, 0.717) is 5.69 Å². The van der Waals surface area contributed by atoms with Gasteiger partial charge in [0, 0.05) is 24.5 Å². The zero-order chi connectivity index (χ0) is 15.4. The molecular formula is C14H10NO6-. The number of esters is 1. The fraction of sp³-hybridized carbons (Fsp3) is 0.143. The van der Waals surface area contributed by atoms with Gasteiger partial charge in [-0.15, -0.1) is 0 Å². The largest absolute Gasteiger partial charge is 0.550 e. The van der Waals surface area contributed by atoms with E-state index >= 15 is 0 Å². The van der Waals surface area contributed by atoms with Crippen molar-refractivity contribution in [1.82, 2.24) is 0 Å². The molecule has 0 bridgehead atoms. The number of hydrogen-bond acceptors (Lipinski definition) is 6. The van der Waals surface area contributed by atoms with Crippen molar-refractivity contribution in [3.8, 4) is 0 Å². The van der Waals surface area contributed by atoms with E-state index in [9.17, 15) is 24.3 Å². The van der Waals surface area contributed by atoms with Crippen LogP contribution in [0.1, 0.15) is 16.8 Å². The van der Waals surface area contributed by atoms with Crippen molar-refractivity contribution in [1.29, 1.82) is 0 Å². The Morgan fingerprint density at radius 1 is 1.05 bits per heavy atom. The number of carbonyl (C=O) groups is 4. The minimum absolute atomic E-state index is 0.184. The third kappa shape index (κ3) is 3.33. The lowest BCUT2D eigenvalue weighted by Crippen LogP contribution is -2.29. The lowest BCUT2D eigenvalue weighted by atomic mass is 10.2. The minimum Gasteiger partial charge on any atom is -0.550 e. The van der Waals surface area contributed by atoms with Gasteiger partial charge < -0.3 is 14.6 Å². The van der Waals surface area contributed by atoms with Gasteiger partial charge in [0.25, 0.3) is 11.8 Å². The molecule has 7 heteroatoms. The highest BCUT2D eigenvalue weighted by Gasteiger charge is 2.25. The van der Waals surface area contributed by atoms with Crippen LogP contribution in [-0.2, 0) is 19.1 Å². The highest BCUT2D eigenvalue weighted by atomic mass is 16.5. The Hall–Kier alpha value is -2.96. The highest BCUT2D eigenvalue weighted by Crippen LogP contribution is 2.19. The van der Waals surface area contributed by atoms with Gasteiger partial charge in [-0.25, -0.2) is 9.69 Å². The molecule has 0 aliphatic carbocycles. The molecule has 1 heterocycles. The quantitative estimate of drug-likeness (QED) is 0.530. The predicted molar refractivity (Wildman–Crippen MR) is 68.0 cm³/mol. The van der Waals surface area contributed by atoms with Gasteiger partial charge in [0.2, 0.25) is 0 Å². The Morgan fingerprint density at radius 3 is 2.14 bits per heavy atom. The van der Waals surface area contributed by atoms with Crippen molar-refractivity contribution in [2.45, 2.75) is 6.42 Å². The van der Waals surface area contributed by atoms with Gasteiger partial charge in [-0.2, -0.15) is 0 Å². The molecule has 0 unspecified atom stereocenters. The molecule has 0 fully saturated rings. The summed E-state index contributed by atoms with van der Waals surface area (Å²) < 4.78 is 4.73. The topological polar surface area (TPSA) is 104 Å². The van der Waals surface area contributed by atoms with E-state index in [1.54, 1.807) is 0 Å². The number of rotatable bonds is 5. The molecule has 0 saturated carbocycles. The van der Waals surface area contributed by atoms with E-state index in [0.717, 1.165) is 17.1 Å². The number of amides is 2. The summed E-state index contributed by atoms with van der Waals surface area (Å²) in [5.74, 6) is -2.91. The summed E-state index contributed by atoms with van der Waals surface area (Å²) in [7, 11) is 0. The number of imide groups is 1. The highest BCUT2D eigenvalue weighted by molar-refractivity contribution is 6.28. The van der Waals surface area contributed by atoms with Crippen LogP contribution in [0, 0.1) is 0 Å². The van der Waals surface area contributed by atoms with E-state index in [4.69, 9.17) is 4.74 Å². The molecule has 2 rings (SSSR count). The summed E-state index contributed by atoms with van der Waals surface area (Å²) in [5.41, 5.74) is 0.519. The lowest BCUT2D eigenvalue weighted by molar-refractivity contribution is -0.306. The summed E-state index contributed by atoms with van der Waals surface area (Å²) in [6.07, 6.45) is 1.93. The molecule has 1 aliphatic heterocycles. The van der Waals surface area contributed by atoms with Crippen LogP contribution >= 0.6 is 0 Å². The number of anilines is 1. The summed E-state index contributed by atoms with van der Waals surface area (Å²) in [6, 6.07) is 5.63. The molecule has 2 amide bonds. The van der Waals surface area contributed by atoms with Gasteiger partial charge in [-0.1, -0.05) is 0 Å². The average molecular weight is 288 g/mol. The Morgan fingerprint density at radius 2 is 1.62 bits per heavy atom. The first-order valence-corrected chi connectivity index (χ1v) is 6.02. The maximum atomic E-state index is 11.6. The van der Waals surface area contributed by atoms with E-state index < -0.39 is 23.8 Å². The number of hydrogen-bond donors (Lipinski definition) is 0. The number of aliphatic carboxylic acids is 1. The van der Waals surface area contributed by atoms with Crippen molar-refractivity contribution in [2.75, 3.05) is 11.5 Å². The zero-order valence-electron chi connectivity index (χ0n) is 10.8. The fourth-order valence-corrected chi connectivity index (χ4v) is 1.71. The summed E-state index contributed by atoms with van der Waals surface area (Å²) in [5, 5.41) is 10.2. The average Bonchev–Trinajstić information content (AvgIpc) is 2.78. The number of benzene rings is 1. The number of carboxylic acids is 1. The molecule has 0 saturated heterocycles. The normalized spacial score (nSPS) is 13.6. The summed E-state index contributed by atoms with van der Waals surface area (Å²) >= 11 is 0. The van der Waals surface area contributed by atoms with Crippen LogP contribution in [0.3, 0.4) is 0 Å². The van der Waals surface area contributed by atoms with Crippen molar-refractivity contribution >= 4 is 29.4 Å². The molecule has 0 atom stereocenters. The number of ether oxygens (including phenoxy) is 1. The van der Waals surface area contributed by atoms with Crippen LogP contribution < -0.4 is 10.0 Å². The van der Waals surface area contributed by atoms with Crippen molar-refractivity contribution < 1.29 is 29.0 Å². The van der Waals surface area contributed by atoms with Crippen LogP contribution in [0.4, 0.5) is 5.69 Å². The third-order valence-electron chi connectivity index (χ3n) is 2.71. The second-order valence-corrected chi connectivity index (χ2v) is 4.15. The van der Waals surface area contributed by atoms with Crippen molar-refractivity contribution in [2.24, 2.45) is 0 Å².